The molecule has 0 saturated carbocycles. The van der Waals surface area contributed by atoms with Crippen LogP contribution in [0, 0.1) is 12.3 Å². The molecule has 4 N–H and O–H groups in total. The molecule has 36 heavy (non-hydrogen) atoms. The molecule has 5 rings (SSSR count). The summed E-state index contributed by atoms with van der Waals surface area (Å²) >= 11 is 0. The van der Waals surface area contributed by atoms with Gasteiger partial charge < -0.3 is 16.0 Å². The minimum atomic E-state index is 0.190. The van der Waals surface area contributed by atoms with Crippen LogP contribution < -0.4 is 16.0 Å². The molecule has 3 aliphatic heterocycles. The number of aryl methyl sites for hydroxylation is 1. The molecule has 2 unspecified atom stereocenters. The lowest BCUT2D eigenvalue weighted by Crippen LogP contribution is -2.68. The van der Waals surface area contributed by atoms with E-state index in [1.54, 1.807) is 19.1 Å². The molecule has 2 aromatic heterocycles. The number of fused-ring (bicyclic) bond motifs is 2. The summed E-state index contributed by atoms with van der Waals surface area (Å²) in [6, 6.07) is 9.58. The predicted octanol–water partition coefficient (Wildman–Crippen LogP) is 3.90. The Labute approximate surface area is 213 Å². The number of hydrogen-bond acceptors (Lipinski definition) is 7. The number of nitrogens with one attached hydrogen (secondary N) is 2. The van der Waals surface area contributed by atoms with E-state index in [0.29, 0.717) is 23.5 Å². The molecular weight excluding hydrogens is 448 g/mol. The summed E-state index contributed by atoms with van der Waals surface area (Å²) in [4.78, 5) is 18.9. The van der Waals surface area contributed by atoms with E-state index >= 15 is 0 Å². The Hall–Kier alpha value is -3.78. The number of nitrogens with two attached hydrogens (primary N) is 1. The Bertz CT molecular complexity index is 1190. The molecule has 8 nitrogen and oxygen atoms in total. The molecule has 0 radical (unpaired) electrons. The summed E-state index contributed by atoms with van der Waals surface area (Å²) in [5.41, 5.74) is 11.7. The van der Waals surface area contributed by atoms with Crippen molar-refractivity contribution in [1.82, 2.24) is 20.2 Å². The van der Waals surface area contributed by atoms with Crippen molar-refractivity contribution < 1.29 is 0 Å². The summed E-state index contributed by atoms with van der Waals surface area (Å²) in [5, 5.41) is 10.7. The highest BCUT2D eigenvalue weighted by molar-refractivity contribution is 5.99. The Kier molecular flexibility index (Phi) is 7.64. The number of aliphatic imine (C=N–C) groups is 1. The standard InChI is InChI=1S/C28H36N8/c1-18(29)10-27(30)34-21(4)11-20(3)33-22(5)24-8-9-28(32-14-24)35-16-25-12-26(17-35)36(25)15-23-7-6-19(2)31-13-23/h6-11,13-14,25-26H,4,12,15-17,29H2,1-3,5H3,(H2,30,34)/b18-10-,20-11-,33-22+. The van der Waals surface area contributed by atoms with Gasteiger partial charge in [0.1, 0.15) is 11.7 Å². The second-order valence-corrected chi connectivity index (χ2v) is 9.77. The van der Waals surface area contributed by atoms with E-state index in [0.717, 1.165) is 48.1 Å². The number of pyridine rings is 2. The lowest BCUT2D eigenvalue weighted by molar-refractivity contribution is -0.00875. The highest BCUT2D eigenvalue weighted by Crippen LogP contribution is 2.35. The van der Waals surface area contributed by atoms with E-state index in [9.17, 15) is 0 Å². The molecule has 8 heteroatoms. The van der Waals surface area contributed by atoms with Crippen LogP contribution in [0.1, 0.15) is 44.0 Å². The van der Waals surface area contributed by atoms with Crippen molar-refractivity contribution in [1.29, 1.82) is 5.41 Å². The zero-order valence-corrected chi connectivity index (χ0v) is 21.6. The third kappa shape index (κ3) is 6.26. The minimum Gasteiger partial charge on any atom is -0.402 e. The van der Waals surface area contributed by atoms with Gasteiger partial charge in [0.2, 0.25) is 0 Å². The number of anilines is 1. The number of amidine groups is 1. The Morgan fingerprint density at radius 3 is 2.50 bits per heavy atom. The molecule has 2 atom stereocenters. The molecule has 3 fully saturated rings. The van der Waals surface area contributed by atoms with Gasteiger partial charge in [-0.05, 0) is 70.0 Å². The van der Waals surface area contributed by atoms with Gasteiger partial charge in [0, 0.05) is 78.2 Å². The number of allylic oxidation sites excluding steroid dienone is 3. The van der Waals surface area contributed by atoms with Crippen LogP contribution in [0.3, 0.4) is 0 Å². The first-order valence-corrected chi connectivity index (χ1v) is 12.3. The number of hydrogen-bond donors (Lipinski definition) is 3. The van der Waals surface area contributed by atoms with E-state index < -0.39 is 0 Å². The SMILES string of the molecule is C=C(/C=C(C)\N=C(/C)c1ccc(N2CC3CC(C2)N3Cc2ccc(C)nc2)nc1)NC(=N)/C=C(/C)N. The third-order valence-electron chi connectivity index (χ3n) is 6.57. The van der Waals surface area contributed by atoms with Gasteiger partial charge in [0.05, 0.1) is 0 Å². The van der Waals surface area contributed by atoms with Gasteiger partial charge in [-0.2, -0.15) is 0 Å². The normalized spacial score (nSPS) is 20.7. The molecular formula is C28H36N8. The third-order valence-corrected chi connectivity index (χ3v) is 6.57. The fourth-order valence-electron chi connectivity index (χ4n) is 4.81. The van der Waals surface area contributed by atoms with Gasteiger partial charge in [-0.25, -0.2) is 4.98 Å². The fourth-order valence-corrected chi connectivity index (χ4v) is 4.81. The zero-order valence-electron chi connectivity index (χ0n) is 21.6. The van der Waals surface area contributed by atoms with Crippen LogP contribution in [0.5, 0.6) is 0 Å². The Morgan fingerprint density at radius 1 is 1.14 bits per heavy atom. The number of rotatable bonds is 8. The van der Waals surface area contributed by atoms with E-state index in [2.05, 4.69) is 55.9 Å². The van der Waals surface area contributed by atoms with Crippen molar-refractivity contribution >= 4 is 17.4 Å². The van der Waals surface area contributed by atoms with Crippen LogP contribution in [0.2, 0.25) is 0 Å². The molecule has 0 aromatic carbocycles. The van der Waals surface area contributed by atoms with Gasteiger partial charge in [-0.1, -0.05) is 12.6 Å². The highest BCUT2D eigenvalue weighted by Gasteiger charge is 2.44. The van der Waals surface area contributed by atoms with E-state index in [1.807, 2.05) is 33.2 Å². The largest absolute Gasteiger partial charge is 0.402 e. The smallest absolute Gasteiger partial charge is 0.128 e. The molecule has 0 spiro atoms. The number of aromatic nitrogens is 2. The van der Waals surface area contributed by atoms with Crippen LogP contribution in [0.15, 0.2) is 77.5 Å². The summed E-state index contributed by atoms with van der Waals surface area (Å²) in [5.74, 6) is 1.21. The van der Waals surface area contributed by atoms with Crippen LogP contribution >= 0.6 is 0 Å². The van der Waals surface area contributed by atoms with Crippen molar-refractivity contribution in [2.24, 2.45) is 10.7 Å². The van der Waals surface area contributed by atoms with Crippen molar-refractivity contribution in [2.45, 2.75) is 52.7 Å². The predicted molar refractivity (Wildman–Crippen MR) is 147 cm³/mol. The van der Waals surface area contributed by atoms with Crippen molar-refractivity contribution in [3.63, 3.8) is 0 Å². The average molecular weight is 485 g/mol. The molecule has 5 heterocycles. The Morgan fingerprint density at radius 2 is 1.89 bits per heavy atom. The monoisotopic (exact) mass is 484 g/mol. The molecule has 3 aliphatic rings. The topological polar surface area (TPSA) is 107 Å². The number of piperidine rings is 1. The molecule has 188 valence electrons. The first-order valence-electron chi connectivity index (χ1n) is 12.3. The molecule has 2 bridgehead atoms. The van der Waals surface area contributed by atoms with Crippen molar-refractivity contribution in [2.75, 3.05) is 18.0 Å². The minimum absolute atomic E-state index is 0.190. The van der Waals surface area contributed by atoms with Crippen LogP contribution in [0.25, 0.3) is 0 Å². The molecule has 0 aliphatic carbocycles. The summed E-state index contributed by atoms with van der Waals surface area (Å²) in [7, 11) is 0. The second-order valence-electron chi connectivity index (χ2n) is 9.77. The summed E-state index contributed by atoms with van der Waals surface area (Å²) < 4.78 is 0. The van der Waals surface area contributed by atoms with E-state index in [-0.39, 0.29) is 5.84 Å². The van der Waals surface area contributed by atoms with Crippen LogP contribution in [-0.4, -0.2) is 51.6 Å². The quantitative estimate of drug-likeness (QED) is 0.298. The summed E-state index contributed by atoms with van der Waals surface area (Å²) in [6.45, 7) is 14.5. The van der Waals surface area contributed by atoms with Gasteiger partial charge in [-0.15, -0.1) is 0 Å². The first-order chi connectivity index (χ1) is 17.2. The van der Waals surface area contributed by atoms with Crippen molar-refractivity contribution in [3.05, 3.63) is 89.3 Å². The Balaban J connectivity index is 1.33. The maximum absolute atomic E-state index is 7.85. The van der Waals surface area contributed by atoms with E-state index in [4.69, 9.17) is 16.1 Å². The number of piperazine rings is 1. The number of nitrogens with zero attached hydrogens (tertiary/aromatic N) is 5. The van der Waals surface area contributed by atoms with Gasteiger partial charge >= 0.3 is 0 Å². The van der Waals surface area contributed by atoms with Crippen molar-refractivity contribution in [3.8, 4) is 0 Å². The van der Waals surface area contributed by atoms with Crippen LogP contribution in [-0.2, 0) is 6.54 Å². The maximum atomic E-state index is 7.85. The fraction of sp³-hybridized carbons (Fsp3) is 0.357. The molecule has 2 aromatic rings. The summed E-state index contributed by atoms with van der Waals surface area (Å²) in [6.07, 6.45) is 8.50. The second kappa shape index (κ2) is 10.9. The lowest BCUT2D eigenvalue weighted by atomic mass is 9.87. The first kappa shape index (κ1) is 25.3. The molecule has 0 amide bonds. The van der Waals surface area contributed by atoms with Gasteiger partial charge in [0.15, 0.2) is 0 Å². The average Bonchev–Trinajstić information content (AvgIpc) is 2.82. The van der Waals surface area contributed by atoms with Crippen LogP contribution in [0.4, 0.5) is 5.82 Å². The highest BCUT2D eigenvalue weighted by atomic mass is 15.4. The van der Waals surface area contributed by atoms with Gasteiger partial charge in [-0.3, -0.25) is 20.3 Å². The maximum Gasteiger partial charge on any atom is 0.128 e. The molecule has 3 saturated heterocycles. The lowest BCUT2D eigenvalue weighted by Gasteiger charge is -2.56. The zero-order chi connectivity index (χ0) is 25.8. The van der Waals surface area contributed by atoms with Gasteiger partial charge in [0.25, 0.3) is 0 Å². The van der Waals surface area contributed by atoms with E-state index in [1.165, 1.54) is 12.0 Å².